The van der Waals surface area contributed by atoms with Crippen LogP contribution in [0.25, 0.3) is 0 Å². The lowest BCUT2D eigenvalue weighted by atomic mass is 10.2. The van der Waals surface area contributed by atoms with Crippen LogP contribution in [0.2, 0.25) is 0 Å². The van der Waals surface area contributed by atoms with E-state index in [2.05, 4.69) is 0 Å². The molecule has 0 aromatic carbocycles. The molecular weight excluding hydrogens is 326 g/mol. The molecule has 1 rings (SSSR count). The number of hydrogen-bond acceptors (Lipinski definition) is 3. The van der Waals surface area contributed by atoms with Crippen molar-refractivity contribution >= 4 is 10.0 Å². The minimum absolute atomic E-state index is 0.0693. The quantitative estimate of drug-likeness (QED) is 0.716. The Bertz CT molecular complexity index is 468. The van der Waals surface area contributed by atoms with E-state index in [0.717, 1.165) is 0 Å². The van der Waals surface area contributed by atoms with E-state index in [1.165, 1.54) is 0 Å². The number of halogens is 6. The summed E-state index contributed by atoms with van der Waals surface area (Å²) in [6.07, 6.45) is 0. The first-order valence-corrected chi connectivity index (χ1v) is 7.58. The molecule has 1 fully saturated rings. The van der Waals surface area contributed by atoms with Crippen LogP contribution in [0.15, 0.2) is 0 Å². The fraction of sp³-hybridized carbons (Fsp3) is 1.00. The highest BCUT2D eigenvalue weighted by molar-refractivity contribution is 7.90. The van der Waals surface area contributed by atoms with Gasteiger partial charge in [-0.15, -0.1) is 0 Å². The molecular formula is C10H16F6N2O2S. The molecule has 0 bridgehead atoms. The van der Waals surface area contributed by atoms with Gasteiger partial charge in [-0.05, 0) is 6.54 Å². The highest BCUT2D eigenvalue weighted by Gasteiger charge is 2.76. The predicted molar refractivity (Wildman–Crippen MR) is 63.1 cm³/mol. The summed E-state index contributed by atoms with van der Waals surface area (Å²) in [6.45, 7) is 1.09. The van der Waals surface area contributed by atoms with Crippen LogP contribution in [0.4, 0.5) is 26.3 Å². The largest absolute Gasteiger partial charge is 0.427 e. The van der Waals surface area contributed by atoms with Crippen molar-refractivity contribution in [1.82, 2.24) is 9.21 Å². The summed E-state index contributed by atoms with van der Waals surface area (Å²) >= 11 is 0. The Morgan fingerprint density at radius 2 is 1.38 bits per heavy atom. The average molecular weight is 342 g/mol. The molecule has 0 atom stereocenters. The number of rotatable bonds is 5. The zero-order chi connectivity index (χ0) is 16.7. The highest BCUT2D eigenvalue weighted by atomic mass is 32.2. The Labute approximate surface area is 118 Å². The van der Waals surface area contributed by atoms with Crippen molar-refractivity contribution in [2.75, 3.05) is 32.7 Å². The second kappa shape index (κ2) is 5.58. The molecule has 0 unspecified atom stereocenters. The standard InChI is InChI=1S/C10H16F6N2O2S/c1-3-17-4-6-18(7-5-17)21(19,20)10(15,16)9(13,14)8(2,11)12/h3-7H2,1-2H3. The van der Waals surface area contributed by atoms with Crippen molar-refractivity contribution in [3.05, 3.63) is 0 Å². The third-order valence-corrected chi connectivity index (χ3v) is 5.31. The number of alkyl halides is 6. The maximum absolute atomic E-state index is 13.6. The Hall–Kier alpha value is -0.550. The van der Waals surface area contributed by atoms with E-state index in [-0.39, 0.29) is 17.4 Å². The van der Waals surface area contributed by atoms with Gasteiger partial charge in [-0.3, -0.25) is 0 Å². The Kier molecular flexibility index (Phi) is 4.91. The van der Waals surface area contributed by atoms with Gasteiger partial charge in [0.05, 0.1) is 0 Å². The van der Waals surface area contributed by atoms with E-state index < -0.39 is 47.1 Å². The van der Waals surface area contributed by atoms with Crippen molar-refractivity contribution in [1.29, 1.82) is 0 Å². The SMILES string of the molecule is CCN1CCN(S(=O)(=O)C(F)(F)C(F)(F)C(C)(F)F)CC1. The maximum atomic E-state index is 13.6. The van der Waals surface area contributed by atoms with Gasteiger partial charge in [-0.2, -0.15) is 30.6 Å². The van der Waals surface area contributed by atoms with Gasteiger partial charge in [0, 0.05) is 33.1 Å². The van der Waals surface area contributed by atoms with E-state index in [1.54, 1.807) is 11.8 Å². The van der Waals surface area contributed by atoms with Crippen molar-refractivity contribution in [3.63, 3.8) is 0 Å². The Morgan fingerprint density at radius 3 is 1.71 bits per heavy atom. The number of likely N-dealkylation sites (N-methyl/N-ethyl adjacent to an activating group) is 1. The van der Waals surface area contributed by atoms with Gasteiger partial charge in [-0.25, -0.2) is 8.42 Å². The monoisotopic (exact) mass is 342 g/mol. The van der Waals surface area contributed by atoms with Gasteiger partial charge >= 0.3 is 17.1 Å². The van der Waals surface area contributed by atoms with E-state index in [0.29, 0.717) is 6.54 Å². The summed E-state index contributed by atoms with van der Waals surface area (Å²) in [5.41, 5.74) is 0. The second-order valence-electron chi connectivity index (χ2n) is 4.82. The lowest BCUT2D eigenvalue weighted by molar-refractivity contribution is -0.272. The normalized spacial score (nSPS) is 20.8. The summed E-state index contributed by atoms with van der Waals surface area (Å²) < 4.78 is 102. The Morgan fingerprint density at radius 1 is 0.952 bits per heavy atom. The molecule has 0 N–H and O–H groups in total. The van der Waals surface area contributed by atoms with Gasteiger partial charge in [0.15, 0.2) is 0 Å². The molecule has 0 radical (unpaired) electrons. The van der Waals surface area contributed by atoms with E-state index in [4.69, 9.17) is 0 Å². The van der Waals surface area contributed by atoms with Crippen LogP contribution < -0.4 is 0 Å². The first-order chi connectivity index (χ1) is 9.29. The van der Waals surface area contributed by atoms with Crippen LogP contribution in [-0.4, -0.2) is 67.4 Å². The molecule has 0 aliphatic carbocycles. The van der Waals surface area contributed by atoms with Crippen molar-refractivity contribution < 1.29 is 34.8 Å². The lowest BCUT2D eigenvalue weighted by Gasteiger charge is -2.37. The molecule has 0 amide bonds. The zero-order valence-corrected chi connectivity index (χ0v) is 12.2. The molecule has 4 nitrogen and oxygen atoms in total. The number of nitrogens with zero attached hydrogens (tertiary/aromatic N) is 2. The molecule has 0 saturated carbocycles. The summed E-state index contributed by atoms with van der Waals surface area (Å²) in [5.74, 6) is -11.2. The maximum Gasteiger partial charge on any atom is 0.427 e. The zero-order valence-electron chi connectivity index (χ0n) is 11.4. The fourth-order valence-corrected chi connectivity index (χ4v) is 3.34. The number of piperazine rings is 1. The summed E-state index contributed by atoms with van der Waals surface area (Å²) in [5, 5.41) is -5.88. The van der Waals surface area contributed by atoms with Crippen molar-refractivity contribution in [2.24, 2.45) is 0 Å². The minimum atomic E-state index is -6.00. The summed E-state index contributed by atoms with van der Waals surface area (Å²) in [4.78, 5) is 1.72. The third kappa shape index (κ3) is 3.00. The van der Waals surface area contributed by atoms with Gasteiger partial charge < -0.3 is 4.90 Å². The first kappa shape index (κ1) is 18.5. The lowest BCUT2D eigenvalue weighted by Crippen LogP contribution is -2.62. The number of sulfonamides is 1. The van der Waals surface area contributed by atoms with E-state index in [9.17, 15) is 34.8 Å². The average Bonchev–Trinajstić information content (AvgIpc) is 2.37. The van der Waals surface area contributed by atoms with E-state index in [1.807, 2.05) is 0 Å². The molecule has 0 spiro atoms. The topological polar surface area (TPSA) is 40.6 Å². The minimum Gasteiger partial charge on any atom is -0.301 e. The molecule has 0 aromatic rings. The van der Waals surface area contributed by atoms with Gasteiger partial charge in [-0.1, -0.05) is 6.92 Å². The van der Waals surface area contributed by atoms with Gasteiger partial charge in [0.2, 0.25) is 0 Å². The molecule has 1 heterocycles. The smallest absolute Gasteiger partial charge is 0.301 e. The number of hydrogen-bond donors (Lipinski definition) is 0. The molecule has 1 saturated heterocycles. The molecule has 11 heteroatoms. The predicted octanol–water partition coefficient (Wildman–Crippen LogP) is 1.84. The molecule has 1 aliphatic rings. The molecule has 1 aliphatic heterocycles. The third-order valence-electron chi connectivity index (χ3n) is 3.36. The summed E-state index contributed by atoms with van der Waals surface area (Å²) in [6, 6.07) is 0. The molecule has 126 valence electrons. The van der Waals surface area contributed by atoms with Gasteiger partial charge in [0.25, 0.3) is 10.0 Å². The van der Waals surface area contributed by atoms with Crippen LogP contribution >= 0.6 is 0 Å². The first-order valence-electron chi connectivity index (χ1n) is 6.14. The molecule has 0 aromatic heterocycles. The van der Waals surface area contributed by atoms with Gasteiger partial charge in [0.1, 0.15) is 0 Å². The summed E-state index contributed by atoms with van der Waals surface area (Å²) in [7, 11) is -5.89. The highest BCUT2D eigenvalue weighted by Crippen LogP contribution is 2.49. The Balaban J connectivity index is 3.07. The second-order valence-corrected chi connectivity index (χ2v) is 6.80. The van der Waals surface area contributed by atoms with Crippen LogP contribution in [0.1, 0.15) is 13.8 Å². The van der Waals surface area contributed by atoms with Crippen molar-refractivity contribution in [2.45, 2.75) is 30.9 Å². The fourth-order valence-electron chi connectivity index (χ4n) is 1.87. The van der Waals surface area contributed by atoms with Crippen LogP contribution in [-0.2, 0) is 10.0 Å². The van der Waals surface area contributed by atoms with Crippen molar-refractivity contribution in [3.8, 4) is 0 Å². The van der Waals surface area contributed by atoms with E-state index >= 15 is 0 Å². The van der Waals surface area contributed by atoms with Crippen LogP contribution in [0, 0.1) is 0 Å². The molecule has 21 heavy (non-hydrogen) atoms. The van der Waals surface area contributed by atoms with Crippen LogP contribution in [0.3, 0.4) is 0 Å². The van der Waals surface area contributed by atoms with Crippen LogP contribution in [0.5, 0.6) is 0 Å².